The van der Waals surface area contributed by atoms with Crippen LogP contribution in [0, 0.1) is 0 Å². The SMILES string of the molecule is COC(=O)c1cncc(C(F)(F)F)c1. The van der Waals surface area contributed by atoms with Gasteiger partial charge in [0.1, 0.15) is 0 Å². The summed E-state index contributed by atoms with van der Waals surface area (Å²) in [6, 6.07) is 0.693. The summed E-state index contributed by atoms with van der Waals surface area (Å²) >= 11 is 0. The number of halogens is 3. The highest BCUT2D eigenvalue weighted by Crippen LogP contribution is 2.28. The van der Waals surface area contributed by atoms with Crippen LogP contribution in [0.15, 0.2) is 18.5 Å². The van der Waals surface area contributed by atoms with Crippen LogP contribution in [0.1, 0.15) is 15.9 Å². The van der Waals surface area contributed by atoms with Gasteiger partial charge >= 0.3 is 12.1 Å². The van der Waals surface area contributed by atoms with E-state index in [0.29, 0.717) is 12.3 Å². The van der Waals surface area contributed by atoms with E-state index in [-0.39, 0.29) is 5.56 Å². The summed E-state index contributed by atoms with van der Waals surface area (Å²) in [6.45, 7) is 0. The summed E-state index contributed by atoms with van der Waals surface area (Å²) in [5.41, 5.74) is -1.19. The molecule has 0 unspecified atom stereocenters. The molecule has 1 aromatic rings. The molecule has 3 nitrogen and oxygen atoms in total. The van der Waals surface area contributed by atoms with Crippen LogP contribution in [0.3, 0.4) is 0 Å². The van der Waals surface area contributed by atoms with Crippen molar-refractivity contribution in [2.45, 2.75) is 6.18 Å². The van der Waals surface area contributed by atoms with E-state index in [1.54, 1.807) is 0 Å². The second-order valence-electron chi connectivity index (χ2n) is 2.45. The van der Waals surface area contributed by atoms with E-state index in [1.807, 2.05) is 0 Å². The summed E-state index contributed by atoms with van der Waals surface area (Å²) in [5, 5.41) is 0. The second kappa shape index (κ2) is 3.65. The third-order valence-electron chi connectivity index (χ3n) is 1.49. The first-order chi connectivity index (χ1) is 6.45. The number of nitrogens with zero attached hydrogens (tertiary/aromatic N) is 1. The fourth-order valence-corrected chi connectivity index (χ4v) is 0.824. The molecule has 0 radical (unpaired) electrons. The van der Waals surface area contributed by atoms with E-state index in [9.17, 15) is 18.0 Å². The van der Waals surface area contributed by atoms with Crippen molar-refractivity contribution in [2.75, 3.05) is 7.11 Å². The summed E-state index contributed by atoms with van der Waals surface area (Å²) in [6.07, 6.45) is -2.84. The molecule has 6 heteroatoms. The largest absolute Gasteiger partial charge is 0.465 e. The fourth-order valence-electron chi connectivity index (χ4n) is 0.824. The van der Waals surface area contributed by atoms with Crippen molar-refractivity contribution < 1.29 is 22.7 Å². The van der Waals surface area contributed by atoms with Crippen LogP contribution in [-0.4, -0.2) is 18.1 Å². The van der Waals surface area contributed by atoms with Crippen LogP contribution < -0.4 is 0 Å². The first kappa shape index (κ1) is 10.5. The van der Waals surface area contributed by atoms with Gasteiger partial charge in [-0.05, 0) is 6.07 Å². The summed E-state index contributed by atoms with van der Waals surface area (Å²) < 4.78 is 40.7. The molecule has 76 valence electrons. The lowest BCUT2D eigenvalue weighted by Gasteiger charge is -2.06. The zero-order valence-corrected chi connectivity index (χ0v) is 7.13. The van der Waals surface area contributed by atoms with Crippen molar-refractivity contribution in [1.82, 2.24) is 4.98 Å². The molecule has 0 bridgehead atoms. The standard InChI is InChI=1S/C8H6F3NO2/c1-14-7(13)5-2-6(4-12-3-5)8(9,10)11/h2-4H,1H3. The molecule has 0 N–H and O–H groups in total. The van der Waals surface area contributed by atoms with Gasteiger partial charge in [0.05, 0.1) is 18.2 Å². The number of ether oxygens (including phenoxy) is 1. The predicted molar refractivity (Wildman–Crippen MR) is 40.6 cm³/mol. The van der Waals surface area contributed by atoms with Crippen molar-refractivity contribution in [3.63, 3.8) is 0 Å². The number of hydrogen-bond donors (Lipinski definition) is 0. The number of pyridine rings is 1. The normalized spacial score (nSPS) is 11.1. The van der Waals surface area contributed by atoms with Gasteiger partial charge in [-0.15, -0.1) is 0 Å². The van der Waals surface area contributed by atoms with Gasteiger partial charge in [-0.3, -0.25) is 4.98 Å². The second-order valence-corrected chi connectivity index (χ2v) is 2.45. The molecule has 1 aromatic heterocycles. The molecule has 0 aliphatic rings. The van der Waals surface area contributed by atoms with Crippen molar-refractivity contribution >= 4 is 5.97 Å². The van der Waals surface area contributed by atoms with Crippen LogP contribution in [0.5, 0.6) is 0 Å². The van der Waals surface area contributed by atoms with E-state index in [4.69, 9.17) is 0 Å². The minimum atomic E-state index is -4.50. The number of esters is 1. The maximum absolute atomic E-state index is 12.1. The Hall–Kier alpha value is -1.59. The highest BCUT2D eigenvalue weighted by Gasteiger charge is 2.31. The molecule has 14 heavy (non-hydrogen) atoms. The maximum Gasteiger partial charge on any atom is 0.417 e. The third-order valence-corrected chi connectivity index (χ3v) is 1.49. The van der Waals surface area contributed by atoms with Gasteiger partial charge in [-0.2, -0.15) is 13.2 Å². The molecule has 1 heterocycles. The molecule has 0 aliphatic carbocycles. The monoisotopic (exact) mass is 205 g/mol. The first-order valence-electron chi connectivity index (χ1n) is 3.55. The molecule has 0 atom stereocenters. The minimum absolute atomic E-state index is 0.220. The number of rotatable bonds is 1. The third kappa shape index (κ3) is 2.21. The van der Waals surface area contributed by atoms with Gasteiger partial charge in [0, 0.05) is 12.4 Å². The highest BCUT2D eigenvalue weighted by molar-refractivity contribution is 5.89. The Bertz CT molecular complexity index is 349. The fraction of sp³-hybridized carbons (Fsp3) is 0.250. The smallest absolute Gasteiger partial charge is 0.417 e. The molecule has 0 spiro atoms. The van der Waals surface area contributed by atoms with E-state index in [2.05, 4.69) is 9.72 Å². The summed E-state index contributed by atoms with van der Waals surface area (Å²) in [4.78, 5) is 14.2. The molecular formula is C8H6F3NO2. The molecule has 0 amide bonds. The molecule has 0 saturated heterocycles. The van der Waals surface area contributed by atoms with Crippen LogP contribution in [-0.2, 0) is 10.9 Å². The Balaban J connectivity index is 3.08. The number of hydrogen-bond acceptors (Lipinski definition) is 3. The zero-order chi connectivity index (χ0) is 10.8. The number of carbonyl (C=O) groups excluding carboxylic acids is 1. The number of methoxy groups -OCH3 is 1. The minimum Gasteiger partial charge on any atom is -0.465 e. The number of alkyl halides is 3. The Labute approximate surface area is 77.5 Å². The Morgan fingerprint density at radius 2 is 2.07 bits per heavy atom. The molecule has 1 rings (SSSR count). The lowest BCUT2D eigenvalue weighted by Crippen LogP contribution is -2.09. The number of carbonyl (C=O) groups is 1. The quantitative estimate of drug-likeness (QED) is 0.657. The van der Waals surface area contributed by atoms with E-state index in [0.717, 1.165) is 13.3 Å². The van der Waals surface area contributed by atoms with Crippen LogP contribution >= 0.6 is 0 Å². The molecular weight excluding hydrogens is 199 g/mol. The molecule has 0 aliphatic heterocycles. The molecule has 0 saturated carbocycles. The van der Waals surface area contributed by atoms with E-state index >= 15 is 0 Å². The van der Waals surface area contributed by atoms with Crippen LogP contribution in [0.4, 0.5) is 13.2 Å². The number of aromatic nitrogens is 1. The maximum atomic E-state index is 12.1. The predicted octanol–water partition coefficient (Wildman–Crippen LogP) is 1.89. The van der Waals surface area contributed by atoms with Crippen molar-refractivity contribution in [2.24, 2.45) is 0 Å². The van der Waals surface area contributed by atoms with Gasteiger partial charge in [0.2, 0.25) is 0 Å². The molecule has 0 aromatic carbocycles. The van der Waals surface area contributed by atoms with E-state index < -0.39 is 17.7 Å². The van der Waals surface area contributed by atoms with E-state index in [1.165, 1.54) is 0 Å². The van der Waals surface area contributed by atoms with Gasteiger partial charge < -0.3 is 4.74 Å². The average molecular weight is 205 g/mol. The van der Waals surface area contributed by atoms with Crippen molar-refractivity contribution in [3.8, 4) is 0 Å². The van der Waals surface area contributed by atoms with Gasteiger partial charge in [0.25, 0.3) is 0 Å². The van der Waals surface area contributed by atoms with Crippen LogP contribution in [0.25, 0.3) is 0 Å². The topological polar surface area (TPSA) is 39.2 Å². The Kier molecular flexibility index (Phi) is 2.73. The van der Waals surface area contributed by atoms with Gasteiger partial charge in [-0.25, -0.2) is 4.79 Å². The lowest BCUT2D eigenvalue weighted by atomic mass is 10.2. The zero-order valence-electron chi connectivity index (χ0n) is 7.13. The van der Waals surface area contributed by atoms with Crippen molar-refractivity contribution in [3.05, 3.63) is 29.6 Å². The summed E-state index contributed by atoms with van der Waals surface area (Å²) in [7, 11) is 1.09. The average Bonchev–Trinajstić information content (AvgIpc) is 2.15. The first-order valence-corrected chi connectivity index (χ1v) is 3.55. The van der Waals surface area contributed by atoms with Gasteiger partial charge in [-0.1, -0.05) is 0 Å². The highest BCUT2D eigenvalue weighted by atomic mass is 19.4. The summed E-state index contributed by atoms with van der Waals surface area (Å²) in [5.74, 6) is -0.844. The van der Waals surface area contributed by atoms with Crippen LogP contribution in [0.2, 0.25) is 0 Å². The Morgan fingerprint density at radius 3 is 2.57 bits per heavy atom. The molecule has 0 fully saturated rings. The Morgan fingerprint density at radius 1 is 1.43 bits per heavy atom. The van der Waals surface area contributed by atoms with Crippen molar-refractivity contribution in [1.29, 1.82) is 0 Å². The lowest BCUT2D eigenvalue weighted by molar-refractivity contribution is -0.137. The van der Waals surface area contributed by atoms with Gasteiger partial charge in [0.15, 0.2) is 0 Å².